The number of halogens is 4. The van der Waals surface area contributed by atoms with Gasteiger partial charge in [0.05, 0.1) is 17.6 Å². The summed E-state index contributed by atoms with van der Waals surface area (Å²) >= 11 is 0. The van der Waals surface area contributed by atoms with Crippen molar-refractivity contribution in [3.05, 3.63) is 83.7 Å². The number of hydrogen-bond donors (Lipinski definition) is 0. The molecule has 0 bridgehead atoms. The normalized spacial score (nSPS) is 11.8. The maximum atomic E-state index is 14.1. The minimum Gasteiger partial charge on any atom is -0.492 e. The van der Waals surface area contributed by atoms with Gasteiger partial charge in [0.15, 0.2) is 0 Å². The second-order valence-corrected chi connectivity index (χ2v) is 6.67. The fourth-order valence-electron chi connectivity index (χ4n) is 2.88. The molecule has 0 radical (unpaired) electrons. The first-order chi connectivity index (χ1) is 13.8. The van der Waals surface area contributed by atoms with Gasteiger partial charge in [-0.15, -0.1) is 0 Å². The number of alkyl halides is 3. The number of aromatic nitrogens is 2. The van der Waals surface area contributed by atoms with E-state index >= 15 is 0 Å². The van der Waals surface area contributed by atoms with Crippen molar-refractivity contribution in [3.63, 3.8) is 0 Å². The largest absolute Gasteiger partial charge is 0.492 e. The summed E-state index contributed by atoms with van der Waals surface area (Å²) in [5.74, 6) is 0.0653. The van der Waals surface area contributed by atoms with E-state index in [1.807, 2.05) is 16.5 Å². The van der Waals surface area contributed by atoms with Gasteiger partial charge in [0.25, 0.3) is 0 Å². The van der Waals surface area contributed by atoms with Gasteiger partial charge in [0.2, 0.25) is 0 Å². The summed E-state index contributed by atoms with van der Waals surface area (Å²) in [4.78, 5) is 6.09. The van der Waals surface area contributed by atoms with E-state index < -0.39 is 11.7 Å². The van der Waals surface area contributed by atoms with Crippen molar-refractivity contribution in [3.8, 4) is 5.75 Å². The lowest BCUT2D eigenvalue weighted by atomic mass is 10.2. The smallest absolute Gasteiger partial charge is 0.416 e. The van der Waals surface area contributed by atoms with Gasteiger partial charge in [-0.2, -0.15) is 13.2 Å². The lowest BCUT2D eigenvalue weighted by Crippen LogP contribution is -2.29. The predicted octanol–water partition coefficient (Wildman–Crippen LogP) is 4.66. The van der Waals surface area contributed by atoms with Crippen molar-refractivity contribution >= 4 is 0 Å². The molecule has 154 valence electrons. The molecule has 3 aromatic rings. The molecule has 8 heteroatoms. The van der Waals surface area contributed by atoms with Crippen LogP contribution in [-0.2, 0) is 26.3 Å². The first-order valence-electron chi connectivity index (χ1n) is 9.04. The molecular weight excluding hydrogens is 386 g/mol. The minimum atomic E-state index is -4.38. The Bertz CT molecular complexity index is 922. The Kier molecular flexibility index (Phi) is 6.53. The van der Waals surface area contributed by atoms with Crippen LogP contribution < -0.4 is 4.74 Å². The summed E-state index contributed by atoms with van der Waals surface area (Å²) in [6.07, 6.45) is -0.946. The van der Waals surface area contributed by atoms with Crippen LogP contribution in [0.25, 0.3) is 0 Å². The zero-order valence-electron chi connectivity index (χ0n) is 15.9. The number of benzene rings is 2. The average molecular weight is 407 g/mol. The zero-order chi connectivity index (χ0) is 20.9. The third kappa shape index (κ3) is 5.80. The van der Waals surface area contributed by atoms with Crippen LogP contribution >= 0.6 is 0 Å². The fraction of sp³-hybridized carbons (Fsp3) is 0.286. The Hall–Kier alpha value is -2.87. The van der Waals surface area contributed by atoms with E-state index in [4.69, 9.17) is 4.74 Å². The van der Waals surface area contributed by atoms with Crippen molar-refractivity contribution in [2.45, 2.75) is 19.3 Å². The van der Waals surface area contributed by atoms with Gasteiger partial charge in [-0.1, -0.05) is 18.2 Å². The molecular formula is C21H21F4N3O. The highest BCUT2D eigenvalue weighted by molar-refractivity contribution is 5.28. The van der Waals surface area contributed by atoms with Gasteiger partial charge in [-0.3, -0.25) is 4.90 Å². The maximum Gasteiger partial charge on any atom is 0.416 e. The standard InChI is InChI=1S/C21H21F4N3O/c1-27-15-26-12-18(27)14-28(13-16-4-2-3-5-20(16)22)10-11-29-19-8-6-17(7-9-19)21(23,24)25/h2-9,12,15H,10-11,13-14H2,1H3. The zero-order valence-corrected chi connectivity index (χ0v) is 15.9. The molecule has 1 heterocycles. The minimum absolute atomic E-state index is 0.248. The van der Waals surface area contributed by atoms with Crippen molar-refractivity contribution in [2.75, 3.05) is 13.2 Å². The molecule has 0 saturated carbocycles. The molecule has 0 fully saturated rings. The lowest BCUT2D eigenvalue weighted by Gasteiger charge is -2.23. The third-order valence-corrected chi connectivity index (χ3v) is 4.51. The monoisotopic (exact) mass is 407 g/mol. The number of nitrogens with zero attached hydrogens (tertiary/aromatic N) is 3. The maximum absolute atomic E-state index is 14.1. The van der Waals surface area contributed by atoms with Gasteiger partial charge in [0, 0.05) is 38.4 Å². The van der Waals surface area contributed by atoms with E-state index in [0.717, 1.165) is 17.8 Å². The highest BCUT2D eigenvalue weighted by Crippen LogP contribution is 2.30. The van der Waals surface area contributed by atoms with Crippen LogP contribution in [0.3, 0.4) is 0 Å². The van der Waals surface area contributed by atoms with Crippen molar-refractivity contribution in [1.29, 1.82) is 0 Å². The molecule has 0 saturated heterocycles. The lowest BCUT2D eigenvalue weighted by molar-refractivity contribution is -0.137. The second kappa shape index (κ2) is 9.09. The second-order valence-electron chi connectivity index (χ2n) is 6.67. The molecule has 0 atom stereocenters. The summed E-state index contributed by atoms with van der Waals surface area (Å²) in [5.41, 5.74) is 0.794. The van der Waals surface area contributed by atoms with Crippen LogP contribution in [0.5, 0.6) is 5.75 Å². The Balaban J connectivity index is 1.63. The van der Waals surface area contributed by atoms with E-state index in [2.05, 4.69) is 4.98 Å². The molecule has 29 heavy (non-hydrogen) atoms. The number of rotatable bonds is 8. The van der Waals surface area contributed by atoms with E-state index in [9.17, 15) is 17.6 Å². The van der Waals surface area contributed by atoms with Crippen LogP contribution in [0.15, 0.2) is 61.1 Å². The van der Waals surface area contributed by atoms with Crippen molar-refractivity contribution in [2.24, 2.45) is 7.05 Å². The number of aryl methyl sites for hydroxylation is 1. The number of imidazole rings is 1. The quantitative estimate of drug-likeness (QED) is 0.509. The summed E-state index contributed by atoms with van der Waals surface area (Å²) in [6.45, 7) is 1.60. The highest BCUT2D eigenvalue weighted by atomic mass is 19.4. The van der Waals surface area contributed by atoms with E-state index in [1.54, 1.807) is 30.7 Å². The van der Waals surface area contributed by atoms with E-state index in [1.165, 1.54) is 18.2 Å². The SMILES string of the molecule is Cn1cncc1CN(CCOc1ccc(C(F)(F)F)cc1)Cc1ccccc1F. The Morgan fingerprint density at radius 3 is 2.38 bits per heavy atom. The summed E-state index contributed by atoms with van der Waals surface area (Å²) in [6, 6.07) is 11.1. The highest BCUT2D eigenvalue weighted by Gasteiger charge is 2.30. The van der Waals surface area contributed by atoms with Crippen molar-refractivity contribution < 1.29 is 22.3 Å². The van der Waals surface area contributed by atoms with Crippen LogP contribution in [0.1, 0.15) is 16.8 Å². The summed E-state index contributed by atoms with van der Waals surface area (Å²) in [5, 5.41) is 0. The van der Waals surface area contributed by atoms with Crippen molar-refractivity contribution in [1.82, 2.24) is 14.5 Å². The Morgan fingerprint density at radius 1 is 1.03 bits per heavy atom. The van der Waals surface area contributed by atoms with Gasteiger partial charge < -0.3 is 9.30 Å². The average Bonchev–Trinajstić information content (AvgIpc) is 3.08. The molecule has 0 spiro atoms. The summed E-state index contributed by atoms with van der Waals surface area (Å²) in [7, 11) is 1.88. The molecule has 0 N–H and O–H groups in total. The summed E-state index contributed by atoms with van der Waals surface area (Å²) < 4.78 is 59.5. The molecule has 1 aromatic heterocycles. The Labute approximate surface area is 166 Å². The molecule has 0 unspecified atom stereocenters. The van der Waals surface area contributed by atoms with Gasteiger partial charge in [-0.25, -0.2) is 9.37 Å². The molecule has 2 aromatic carbocycles. The van der Waals surface area contributed by atoms with Crippen LogP contribution in [0, 0.1) is 5.82 Å². The molecule has 0 amide bonds. The molecule has 3 rings (SSSR count). The van der Waals surface area contributed by atoms with Gasteiger partial charge >= 0.3 is 6.18 Å². The van der Waals surface area contributed by atoms with Crippen LogP contribution in [-0.4, -0.2) is 27.6 Å². The molecule has 0 aliphatic heterocycles. The number of hydrogen-bond acceptors (Lipinski definition) is 3. The first kappa shape index (κ1) is 20.9. The predicted molar refractivity (Wildman–Crippen MR) is 101 cm³/mol. The van der Waals surface area contributed by atoms with Gasteiger partial charge in [0.1, 0.15) is 18.2 Å². The third-order valence-electron chi connectivity index (χ3n) is 4.51. The molecule has 0 aliphatic rings. The molecule has 0 aliphatic carbocycles. The van der Waals surface area contributed by atoms with Crippen LogP contribution in [0.2, 0.25) is 0 Å². The Morgan fingerprint density at radius 2 is 1.76 bits per heavy atom. The van der Waals surface area contributed by atoms with E-state index in [0.29, 0.717) is 30.9 Å². The molecule has 4 nitrogen and oxygen atoms in total. The first-order valence-corrected chi connectivity index (χ1v) is 9.04. The van der Waals surface area contributed by atoms with E-state index in [-0.39, 0.29) is 12.4 Å². The van der Waals surface area contributed by atoms with Crippen LogP contribution in [0.4, 0.5) is 17.6 Å². The number of ether oxygens (including phenoxy) is 1. The topological polar surface area (TPSA) is 30.3 Å². The van der Waals surface area contributed by atoms with Gasteiger partial charge in [-0.05, 0) is 30.3 Å². The fourth-order valence-corrected chi connectivity index (χ4v) is 2.88.